The van der Waals surface area contributed by atoms with Crippen LogP contribution in [-0.2, 0) is 26.2 Å². The van der Waals surface area contributed by atoms with Crippen molar-refractivity contribution in [2.24, 2.45) is 0 Å². The fourth-order valence-electron chi connectivity index (χ4n) is 3.53. The van der Waals surface area contributed by atoms with E-state index in [9.17, 15) is 18.0 Å². The number of halogens is 4. The van der Waals surface area contributed by atoms with E-state index in [-0.39, 0.29) is 28.2 Å². The first-order valence-corrected chi connectivity index (χ1v) is 14.7. The zero-order valence-electron chi connectivity index (χ0n) is 20.2. The molecule has 0 aromatic heterocycles. The molecule has 198 valence electrons. The van der Waals surface area contributed by atoms with E-state index in [2.05, 4.69) is 5.32 Å². The van der Waals surface area contributed by atoms with Crippen LogP contribution < -0.4 is 9.62 Å². The molecule has 36 heavy (non-hydrogen) atoms. The summed E-state index contributed by atoms with van der Waals surface area (Å²) >= 11 is 24.7. The van der Waals surface area contributed by atoms with E-state index in [4.69, 9.17) is 46.4 Å². The Morgan fingerprint density at radius 2 is 1.61 bits per heavy atom. The van der Waals surface area contributed by atoms with Crippen molar-refractivity contribution in [3.63, 3.8) is 0 Å². The molecule has 0 unspecified atom stereocenters. The third kappa shape index (κ3) is 8.42. The summed E-state index contributed by atoms with van der Waals surface area (Å²) < 4.78 is 26.3. The lowest BCUT2D eigenvalue weighted by Gasteiger charge is -2.33. The highest BCUT2D eigenvalue weighted by molar-refractivity contribution is 7.92. The zero-order valence-corrected chi connectivity index (χ0v) is 24.1. The summed E-state index contributed by atoms with van der Waals surface area (Å²) in [4.78, 5) is 28.1. The number of hydrogen-bond donors (Lipinski definition) is 1. The lowest BCUT2D eigenvalue weighted by atomic mass is 10.1. The molecule has 0 saturated carbocycles. The summed E-state index contributed by atoms with van der Waals surface area (Å²) in [6, 6.07) is 8.29. The Morgan fingerprint density at radius 1 is 0.972 bits per heavy atom. The molecule has 0 aliphatic rings. The van der Waals surface area contributed by atoms with Crippen molar-refractivity contribution >= 4 is 73.9 Å². The SMILES string of the molecule is CCCCNC(=O)[C@H](CC)N(Cc1ccc(Cl)cc1Cl)C(=O)CN(c1cc(Cl)ccc1Cl)S(C)(=O)=O. The van der Waals surface area contributed by atoms with Gasteiger partial charge in [0.15, 0.2) is 0 Å². The molecule has 0 bridgehead atoms. The van der Waals surface area contributed by atoms with Gasteiger partial charge in [0.25, 0.3) is 0 Å². The Bertz CT molecular complexity index is 1190. The van der Waals surface area contributed by atoms with Gasteiger partial charge in [-0.3, -0.25) is 13.9 Å². The second-order valence-electron chi connectivity index (χ2n) is 8.19. The molecule has 12 heteroatoms. The number of carbonyl (C=O) groups is 2. The maximum atomic E-state index is 13.7. The van der Waals surface area contributed by atoms with Crippen LogP contribution in [0.15, 0.2) is 36.4 Å². The number of hydrogen-bond acceptors (Lipinski definition) is 4. The number of rotatable bonds is 12. The van der Waals surface area contributed by atoms with Crippen molar-refractivity contribution in [3.05, 3.63) is 62.1 Å². The van der Waals surface area contributed by atoms with E-state index in [0.29, 0.717) is 28.6 Å². The number of unbranched alkanes of at least 4 members (excludes halogenated alkanes) is 1. The maximum Gasteiger partial charge on any atom is 0.244 e. The minimum Gasteiger partial charge on any atom is -0.354 e. The highest BCUT2D eigenvalue weighted by Crippen LogP contribution is 2.31. The summed E-state index contributed by atoms with van der Waals surface area (Å²) in [6.07, 6.45) is 2.94. The number of anilines is 1. The maximum absolute atomic E-state index is 13.7. The van der Waals surface area contributed by atoms with Crippen LogP contribution in [0, 0.1) is 0 Å². The predicted octanol–water partition coefficient (Wildman–Crippen LogP) is 5.79. The summed E-state index contributed by atoms with van der Waals surface area (Å²) in [7, 11) is -3.94. The van der Waals surface area contributed by atoms with Crippen molar-refractivity contribution < 1.29 is 18.0 Å². The fourth-order valence-corrected chi connectivity index (χ4v) is 5.29. The normalized spacial score (nSPS) is 12.2. The Hall–Kier alpha value is -1.71. The summed E-state index contributed by atoms with van der Waals surface area (Å²) in [5.41, 5.74) is 0.617. The van der Waals surface area contributed by atoms with Gasteiger partial charge in [-0.1, -0.05) is 72.7 Å². The molecule has 0 spiro atoms. The molecular formula is C24H29Cl4N3O4S. The van der Waals surface area contributed by atoms with Gasteiger partial charge in [0.1, 0.15) is 12.6 Å². The van der Waals surface area contributed by atoms with Crippen molar-refractivity contribution in [2.45, 2.75) is 45.7 Å². The number of nitrogens with zero attached hydrogens (tertiary/aromatic N) is 2. The molecule has 2 aromatic rings. The van der Waals surface area contributed by atoms with Crippen LogP contribution >= 0.6 is 46.4 Å². The van der Waals surface area contributed by atoms with Gasteiger partial charge in [0.2, 0.25) is 21.8 Å². The molecule has 0 heterocycles. The Morgan fingerprint density at radius 3 is 2.19 bits per heavy atom. The van der Waals surface area contributed by atoms with Gasteiger partial charge in [-0.05, 0) is 48.7 Å². The standard InChI is InChI=1S/C24H29Cl4N3O4S/c1-4-6-11-29-24(33)21(5-2)30(14-16-7-8-17(25)12-20(16)28)23(32)15-31(36(3,34)35)22-13-18(26)9-10-19(22)27/h7-10,12-13,21H,4-6,11,14-15H2,1-3H3,(H,29,33)/t21-/m0/s1. The second-order valence-corrected chi connectivity index (χ2v) is 11.8. The Kier molecular flexibility index (Phi) is 11.6. The second kappa shape index (κ2) is 13.7. The number of amides is 2. The van der Waals surface area contributed by atoms with E-state index in [0.717, 1.165) is 23.4 Å². The third-order valence-corrected chi connectivity index (χ3v) is 7.70. The topological polar surface area (TPSA) is 86.8 Å². The molecule has 2 aromatic carbocycles. The molecule has 0 saturated heterocycles. The van der Waals surface area contributed by atoms with Crippen molar-refractivity contribution in [1.82, 2.24) is 10.2 Å². The number of carbonyl (C=O) groups excluding carboxylic acids is 2. The molecule has 7 nitrogen and oxygen atoms in total. The van der Waals surface area contributed by atoms with Gasteiger partial charge in [-0.2, -0.15) is 0 Å². The van der Waals surface area contributed by atoms with Crippen LogP contribution in [0.3, 0.4) is 0 Å². The van der Waals surface area contributed by atoms with Crippen LogP contribution in [0.5, 0.6) is 0 Å². The first-order valence-electron chi connectivity index (χ1n) is 11.3. The number of benzene rings is 2. The fraction of sp³-hybridized carbons (Fsp3) is 0.417. The van der Waals surface area contributed by atoms with Crippen LogP contribution in [0.2, 0.25) is 20.1 Å². The lowest BCUT2D eigenvalue weighted by Crippen LogP contribution is -2.52. The van der Waals surface area contributed by atoms with Gasteiger partial charge in [-0.25, -0.2) is 8.42 Å². The number of nitrogens with one attached hydrogen (secondary N) is 1. The molecular weight excluding hydrogens is 568 g/mol. The molecule has 2 rings (SSSR count). The van der Waals surface area contributed by atoms with Gasteiger partial charge >= 0.3 is 0 Å². The third-order valence-electron chi connectivity index (χ3n) is 5.43. The van der Waals surface area contributed by atoms with Crippen molar-refractivity contribution in [2.75, 3.05) is 23.7 Å². The van der Waals surface area contributed by atoms with Gasteiger partial charge in [-0.15, -0.1) is 0 Å². The van der Waals surface area contributed by atoms with E-state index < -0.39 is 28.5 Å². The first-order chi connectivity index (χ1) is 16.9. The summed E-state index contributed by atoms with van der Waals surface area (Å²) in [5, 5.41) is 3.95. The van der Waals surface area contributed by atoms with Crippen LogP contribution in [0.4, 0.5) is 5.69 Å². The summed E-state index contributed by atoms with van der Waals surface area (Å²) in [6.45, 7) is 3.61. The molecule has 0 fully saturated rings. The van der Waals surface area contributed by atoms with E-state index >= 15 is 0 Å². The van der Waals surface area contributed by atoms with E-state index in [1.165, 1.54) is 29.2 Å². The molecule has 0 radical (unpaired) electrons. The molecule has 1 atom stereocenters. The smallest absolute Gasteiger partial charge is 0.244 e. The van der Waals surface area contributed by atoms with E-state index in [1.54, 1.807) is 19.1 Å². The quantitative estimate of drug-likeness (QED) is 0.314. The van der Waals surface area contributed by atoms with Gasteiger partial charge < -0.3 is 10.2 Å². The average Bonchev–Trinajstić information content (AvgIpc) is 2.79. The summed E-state index contributed by atoms with van der Waals surface area (Å²) in [5.74, 6) is -0.948. The predicted molar refractivity (Wildman–Crippen MR) is 148 cm³/mol. The molecule has 1 N–H and O–H groups in total. The van der Waals surface area contributed by atoms with Crippen molar-refractivity contribution in [1.29, 1.82) is 0 Å². The van der Waals surface area contributed by atoms with Crippen molar-refractivity contribution in [3.8, 4) is 0 Å². The molecule has 2 amide bonds. The Labute approximate surface area is 232 Å². The minimum atomic E-state index is -3.94. The lowest BCUT2D eigenvalue weighted by molar-refractivity contribution is -0.140. The van der Waals surface area contributed by atoms with E-state index in [1.807, 2.05) is 6.92 Å². The Balaban J connectivity index is 2.48. The first kappa shape index (κ1) is 30.5. The average molecular weight is 597 g/mol. The minimum absolute atomic E-state index is 0.0323. The molecule has 0 aliphatic heterocycles. The monoisotopic (exact) mass is 595 g/mol. The van der Waals surface area contributed by atoms with Crippen LogP contribution in [0.1, 0.15) is 38.7 Å². The highest BCUT2D eigenvalue weighted by atomic mass is 35.5. The number of sulfonamides is 1. The van der Waals surface area contributed by atoms with Gasteiger partial charge in [0, 0.05) is 28.2 Å². The zero-order chi connectivity index (χ0) is 27.0. The van der Waals surface area contributed by atoms with Crippen LogP contribution in [0.25, 0.3) is 0 Å². The highest BCUT2D eigenvalue weighted by Gasteiger charge is 2.32. The van der Waals surface area contributed by atoms with Crippen LogP contribution in [-0.4, -0.2) is 50.5 Å². The molecule has 0 aliphatic carbocycles. The largest absolute Gasteiger partial charge is 0.354 e. The van der Waals surface area contributed by atoms with Gasteiger partial charge in [0.05, 0.1) is 17.0 Å².